The van der Waals surface area contributed by atoms with Gasteiger partial charge in [0, 0.05) is 44.7 Å². The Kier molecular flexibility index (Phi) is 6.68. The lowest BCUT2D eigenvalue weighted by molar-refractivity contribution is -0.0495. The van der Waals surface area contributed by atoms with E-state index < -0.39 is 35.8 Å². The van der Waals surface area contributed by atoms with E-state index in [-0.39, 0.29) is 63.2 Å². The first-order valence-electron chi connectivity index (χ1n) is 13.9. The van der Waals surface area contributed by atoms with Gasteiger partial charge in [0.25, 0.3) is 11.8 Å². The van der Waals surface area contributed by atoms with Crippen LogP contribution >= 0.6 is 0 Å². The molecule has 3 fully saturated rings. The fourth-order valence-electron chi connectivity index (χ4n) is 6.09. The molecule has 3 aromatic heterocycles. The molecule has 3 aliphatic rings. The third-order valence-electron chi connectivity index (χ3n) is 8.54. The molecule has 4 heterocycles. The minimum absolute atomic E-state index is 0.0495. The summed E-state index contributed by atoms with van der Waals surface area (Å²) in [6.45, 7) is 3.78. The van der Waals surface area contributed by atoms with Gasteiger partial charge in [-0.15, -0.1) is 0 Å². The summed E-state index contributed by atoms with van der Waals surface area (Å²) in [5, 5.41) is 14.2. The number of urea groups is 1. The average Bonchev–Trinajstić information content (AvgIpc) is 3.29. The van der Waals surface area contributed by atoms with Crippen molar-refractivity contribution in [1.82, 2.24) is 39.9 Å². The van der Waals surface area contributed by atoms with E-state index in [1.807, 2.05) is 13.8 Å². The van der Waals surface area contributed by atoms with Gasteiger partial charge in [-0.25, -0.2) is 31.9 Å². The second-order valence-electron chi connectivity index (χ2n) is 11.7. The zero-order valence-electron chi connectivity index (χ0n) is 22.7. The number of nitrogens with one attached hydrogen (secondary N) is 2. The van der Waals surface area contributed by atoms with Crippen molar-refractivity contribution in [2.45, 2.75) is 70.0 Å². The highest BCUT2D eigenvalue weighted by molar-refractivity contribution is 5.92. The normalized spacial score (nSPS) is 24.6. The van der Waals surface area contributed by atoms with Crippen LogP contribution in [0, 0.1) is 17.8 Å². The van der Waals surface area contributed by atoms with Crippen molar-refractivity contribution < 1.29 is 27.2 Å². The second kappa shape index (κ2) is 9.98. The van der Waals surface area contributed by atoms with Crippen LogP contribution in [0.4, 0.5) is 22.4 Å². The summed E-state index contributed by atoms with van der Waals surface area (Å²) in [7, 11) is 0. The number of hydrogen-bond donors (Lipinski definition) is 2. The first-order valence-corrected chi connectivity index (χ1v) is 13.9. The molecule has 3 atom stereocenters. The number of aromatic nitrogens is 5. The highest BCUT2D eigenvalue weighted by Gasteiger charge is 2.69. The molecule has 0 bridgehead atoms. The van der Waals surface area contributed by atoms with Gasteiger partial charge in [0.05, 0.1) is 36.0 Å². The quantitative estimate of drug-likeness (QED) is 0.410. The standard InChI is InChI=1S/C27H32F4N8O2/c1-15(2)39-21(5-8-33-39)24(40)36-23(17-3-6-26(28,29)7-4-17)20-14-38-22(35-20)9-16(10-34-38)12-37-13-19-18(27(19,30)31)11-32-25(37)41/h5,8-10,14-15,17-19,23H,3-4,6-7,11-13H2,1-2H3,(H,32,41)(H,36,40). The first kappa shape index (κ1) is 27.5. The van der Waals surface area contributed by atoms with Crippen molar-refractivity contribution in [3.8, 4) is 0 Å². The predicted molar refractivity (Wildman–Crippen MR) is 138 cm³/mol. The molecule has 1 aliphatic heterocycles. The van der Waals surface area contributed by atoms with Crippen molar-refractivity contribution in [3.05, 3.63) is 47.7 Å². The van der Waals surface area contributed by atoms with Crippen LogP contribution in [0.1, 0.15) is 73.4 Å². The number of nitrogens with zero attached hydrogens (tertiary/aromatic N) is 6. The Morgan fingerprint density at radius 2 is 1.93 bits per heavy atom. The first-order chi connectivity index (χ1) is 19.4. The second-order valence-corrected chi connectivity index (χ2v) is 11.7. The number of imidazole rings is 1. The molecule has 220 valence electrons. The van der Waals surface area contributed by atoms with Gasteiger partial charge >= 0.3 is 6.03 Å². The highest BCUT2D eigenvalue weighted by atomic mass is 19.3. The van der Waals surface area contributed by atoms with Crippen LogP contribution in [-0.2, 0) is 6.54 Å². The fraction of sp³-hybridized carbons (Fsp3) is 0.593. The number of hydrogen-bond acceptors (Lipinski definition) is 5. The molecular formula is C27H32F4N8O2. The van der Waals surface area contributed by atoms with Gasteiger partial charge in [-0.1, -0.05) is 0 Å². The van der Waals surface area contributed by atoms with Gasteiger partial charge in [0.1, 0.15) is 5.69 Å². The maximum Gasteiger partial charge on any atom is 0.317 e. The average molecular weight is 577 g/mol. The van der Waals surface area contributed by atoms with Crippen LogP contribution in [0.25, 0.3) is 5.65 Å². The monoisotopic (exact) mass is 576 g/mol. The Bertz CT molecular complexity index is 1460. The minimum Gasteiger partial charge on any atom is -0.342 e. The smallest absolute Gasteiger partial charge is 0.317 e. The van der Waals surface area contributed by atoms with Crippen LogP contribution in [0.15, 0.2) is 30.7 Å². The summed E-state index contributed by atoms with van der Waals surface area (Å²) >= 11 is 0. The van der Waals surface area contributed by atoms with E-state index in [1.54, 1.807) is 23.0 Å². The molecule has 0 spiro atoms. The lowest BCUT2D eigenvalue weighted by Gasteiger charge is -2.33. The Balaban J connectivity index is 1.25. The number of carbonyl (C=O) groups is 2. The van der Waals surface area contributed by atoms with E-state index in [4.69, 9.17) is 4.98 Å². The molecule has 6 rings (SSSR count). The van der Waals surface area contributed by atoms with Gasteiger partial charge in [-0.2, -0.15) is 10.2 Å². The third-order valence-corrected chi connectivity index (χ3v) is 8.54. The van der Waals surface area contributed by atoms with Gasteiger partial charge < -0.3 is 15.5 Å². The summed E-state index contributed by atoms with van der Waals surface area (Å²) in [5.41, 5.74) is 1.86. The SMILES string of the molecule is CC(C)n1nccc1C(=O)NC(c1cn2ncc(CN3CC4C(CNC3=O)C4(F)F)cc2n1)C1CCC(F)(F)CC1. The predicted octanol–water partition coefficient (Wildman–Crippen LogP) is 4.21. The van der Waals surface area contributed by atoms with E-state index in [0.717, 1.165) is 0 Å². The number of carbonyl (C=O) groups excluding carboxylic acids is 2. The zero-order chi connectivity index (χ0) is 29.1. The van der Waals surface area contributed by atoms with Crippen molar-refractivity contribution in [2.24, 2.45) is 17.8 Å². The highest BCUT2D eigenvalue weighted by Crippen LogP contribution is 2.55. The number of halogens is 4. The number of rotatable bonds is 7. The van der Waals surface area contributed by atoms with E-state index in [2.05, 4.69) is 20.8 Å². The summed E-state index contributed by atoms with van der Waals surface area (Å²) in [5.74, 6) is -7.87. The Labute approximate surface area is 233 Å². The van der Waals surface area contributed by atoms with Crippen LogP contribution < -0.4 is 10.6 Å². The van der Waals surface area contributed by atoms with Gasteiger partial charge in [0.2, 0.25) is 5.92 Å². The molecule has 3 unspecified atom stereocenters. The zero-order valence-corrected chi connectivity index (χ0v) is 22.7. The molecule has 0 aromatic carbocycles. The maximum absolute atomic E-state index is 14.0. The molecule has 14 heteroatoms. The molecule has 1 saturated heterocycles. The third kappa shape index (κ3) is 5.23. The van der Waals surface area contributed by atoms with Crippen LogP contribution in [0.3, 0.4) is 0 Å². The van der Waals surface area contributed by atoms with Gasteiger partial charge in [0.15, 0.2) is 5.65 Å². The molecule has 3 aromatic rings. The minimum atomic E-state index is -2.78. The van der Waals surface area contributed by atoms with Crippen LogP contribution in [0.5, 0.6) is 0 Å². The van der Waals surface area contributed by atoms with Crippen molar-refractivity contribution in [2.75, 3.05) is 13.1 Å². The van der Waals surface area contributed by atoms with Crippen molar-refractivity contribution in [1.29, 1.82) is 0 Å². The van der Waals surface area contributed by atoms with Crippen molar-refractivity contribution in [3.63, 3.8) is 0 Å². The number of fused-ring (bicyclic) bond motifs is 2. The Hall–Kier alpha value is -3.71. The molecule has 10 nitrogen and oxygen atoms in total. The molecule has 2 N–H and O–H groups in total. The molecule has 2 aliphatic carbocycles. The molecule has 41 heavy (non-hydrogen) atoms. The summed E-state index contributed by atoms with van der Waals surface area (Å²) in [6, 6.07) is 2.20. The summed E-state index contributed by atoms with van der Waals surface area (Å²) in [6.07, 6.45) is 4.61. The van der Waals surface area contributed by atoms with Gasteiger partial charge in [-0.05, 0) is 50.3 Å². The Morgan fingerprint density at radius 1 is 1.17 bits per heavy atom. The summed E-state index contributed by atoms with van der Waals surface area (Å²) in [4.78, 5) is 31.9. The maximum atomic E-state index is 14.0. The lowest BCUT2D eigenvalue weighted by atomic mass is 9.81. The van der Waals surface area contributed by atoms with Crippen molar-refractivity contribution >= 4 is 17.6 Å². The van der Waals surface area contributed by atoms with E-state index >= 15 is 0 Å². The van der Waals surface area contributed by atoms with Gasteiger partial charge in [-0.3, -0.25) is 9.48 Å². The number of amides is 3. The topological polar surface area (TPSA) is 109 Å². The van der Waals surface area contributed by atoms with E-state index in [1.165, 1.54) is 21.8 Å². The largest absolute Gasteiger partial charge is 0.342 e. The van der Waals surface area contributed by atoms with Crippen LogP contribution in [0.2, 0.25) is 0 Å². The molecule has 0 radical (unpaired) electrons. The van der Waals surface area contributed by atoms with E-state index in [9.17, 15) is 27.2 Å². The lowest BCUT2D eigenvalue weighted by Crippen LogP contribution is -2.40. The molecular weight excluding hydrogens is 544 g/mol. The summed E-state index contributed by atoms with van der Waals surface area (Å²) < 4.78 is 59.0. The molecule has 3 amide bonds. The number of alkyl halides is 4. The fourth-order valence-corrected chi connectivity index (χ4v) is 6.09. The van der Waals surface area contributed by atoms with E-state index in [0.29, 0.717) is 22.6 Å². The molecule has 2 saturated carbocycles. The Morgan fingerprint density at radius 3 is 2.66 bits per heavy atom. The van der Waals surface area contributed by atoms with Crippen LogP contribution in [-0.4, -0.2) is 66.2 Å².